The molecule has 0 aromatic heterocycles. The zero-order valence-electron chi connectivity index (χ0n) is 11.7. The van der Waals surface area contributed by atoms with Crippen molar-refractivity contribution in [3.63, 3.8) is 0 Å². The second-order valence-electron chi connectivity index (χ2n) is 4.93. The van der Waals surface area contributed by atoms with Crippen molar-refractivity contribution in [3.05, 3.63) is 27.7 Å². The van der Waals surface area contributed by atoms with E-state index in [9.17, 15) is 13.2 Å². The van der Waals surface area contributed by atoms with Gasteiger partial charge in [-0.15, -0.1) is 0 Å². The highest BCUT2D eigenvalue weighted by molar-refractivity contribution is 9.10. The summed E-state index contributed by atoms with van der Waals surface area (Å²) in [6.45, 7) is 4.34. The Kier molecular flexibility index (Phi) is 4.72. The summed E-state index contributed by atoms with van der Waals surface area (Å²) in [5, 5.41) is 9.10. The first-order chi connectivity index (χ1) is 9.75. The average Bonchev–Trinajstić information content (AvgIpc) is 2.41. The van der Waals surface area contributed by atoms with Gasteiger partial charge in [-0.2, -0.15) is 4.31 Å². The van der Waals surface area contributed by atoms with Gasteiger partial charge in [-0.05, 0) is 31.5 Å². The molecular formula is C13H16BrNO5S. The molecule has 1 heterocycles. The molecule has 2 rings (SSSR count). The van der Waals surface area contributed by atoms with E-state index in [0.29, 0.717) is 23.2 Å². The van der Waals surface area contributed by atoms with Crippen molar-refractivity contribution in [2.45, 2.75) is 24.8 Å². The summed E-state index contributed by atoms with van der Waals surface area (Å²) in [4.78, 5) is 11.2. The van der Waals surface area contributed by atoms with E-state index < -0.39 is 16.0 Å². The van der Waals surface area contributed by atoms with Gasteiger partial charge in [-0.3, -0.25) is 0 Å². The summed E-state index contributed by atoms with van der Waals surface area (Å²) in [6.07, 6.45) is 0. The monoisotopic (exact) mass is 377 g/mol. The fraction of sp³-hybridized carbons (Fsp3) is 0.462. The number of carboxylic acid groups (broad SMARTS) is 1. The fourth-order valence-electron chi connectivity index (χ4n) is 2.24. The number of nitrogens with zero attached hydrogens (tertiary/aromatic N) is 1. The Morgan fingerprint density at radius 3 is 2.71 bits per heavy atom. The molecular weight excluding hydrogens is 362 g/mol. The number of hydrogen-bond donors (Lipinski definition) is 1. The Balaban J connectivity index is 2.56. The van der Waals surface area contributed by atoms with E-state index >= 15 is 0 Å². The molecule has 1 aromatic rings. The lowest BCUT2D eigenvalue weighted by Gasteiger charge is -2.32. The van der Waals surface area contributed by atoms with Crippen LogP contribution in [0, 0.1) is 6.92 Å². The van der Waals surface area contributed by atoms with Gasteiger partial charge in [0.1, 0.15) is 0 Å². The van der Waals surface area contributed by atoms with Gasteiger partial charge in [0.05, 0.1) is 23.7 Å². The number of halogens is 1. The zero-order valence-corrected chi connectivity index (χ0v) is 14.1. The number of sulfonamides is 1. The molecule has 116 valence electrons. The van der Waals surface area contributed by atoms with Gasteiger partial charge in [0, 0.05) is 17.1 Å². The van der Waals surface area contributed by atoms with E-state index in [0.717, 1.165) is 0 Å². The lowest BCUT2D eigenvalue weighted by atomic mass is 10.1. The predicted molar refractivity (Wildman–Crippen MR) is 80.0 cm³/mol. The molecule has 1 fully saturated rings. The average molecular weight is 378 g/mol. The quantitative estimate of drug-likeness (QED) is 0.868. The minimum atomic E-state index is -3.76. The molecule has 8 heteroatoms. The molecule has 6 nitrogen and oxygen atoms in total. The molecule has 1 unspecified atom stereocenters. The Hall–Kier alpha value is -0.960. The molecule has 1 saturated heterocycles. The number of ether oxygens (including phenoxy) is 1. The maximum absolute atomic E-state index is 12.8. The van der Waals surface area contributed by atoms with Crippen molar-refractivity contribution in [1.82, 2.24) is 4.31 Å². The number of carbonyl (C=O) groups is 1. The van der Waals surface area contributed by atoms with Gasteiger partial charge in [0.25, 0.3) is 0 Å². The summed E-state index contributed by atoms with van der Waals surface area (Å²) in [7, 11) is -3.76. The van der Waals surface area contributed by atoms with Crippen molar-refractivity contribution in [1.29, 1.82) is 0 Å². The predicted octanol–water partition coefficient (Wildman–Crippen LogP) is 1.87. The van der Waals surface area contributed by atoms with Crippen molar-refractivity contribution < 1.29 is 23.1 Å². The lowest BCUT2D eigenvalue weighted by molar-refractivity contribution is 0.0392. The maximum Gasteiger partial charge on any atom is 0.335 e. The molecule has 1 N–H and O–H groups in total. The van der Waals surface area contributed by atoms with E-state index in [2.05, 4.69) is 15.9 Å². The van der Waals surface area contributed by atoms with Crippen molar-refractivity contribution in [2.24, 2.45) is 0 Å². The van der Waals surface area contributed by atoms with Gasteiger partial charge in [-0.25, -0.2) is 13.2 Å². The molecule has 0 amide bonds. The van der Waals surface area contributed by atoms with Crippen LogP contribution in [0.4, 0.5) is 0 Å². The smallest absolute Gasteiger partial charge is 0.335 e. The van der Waals surface area contributed by atoms with Crippen LogP contribution in [0.25, 0.3) is 0 Å². The molecule has 0 aliphatic carbocycles. The Labute approximate surface area is 131 Å². The molecule has 0 saturated carbocycles. The highest BCUT2D eigenvalue weighted by atomic mass is 79.9. The van der Waals surface area contributed by atoms with Crippen LogP contribution in [0.2, 0.25) is 0 Å². The topological polar surface area (TPSA) is 83.9 Å². The van der Waals surface area contributed by atoms with Gasteiger partial charge in [0.2, 0.25) is 10.0 Å². The molecule has 1 aliphatic rings. The van der Waals surface area contributed by atoms with Crippen LogP contribution in [0.15, 0.2) is 21.5 Å². The third-order valence-electron chi connectivity index (χ3n) is 3.44. The van der Waals surface area contributed by atoms with Crippen LogP contribution in [-0.2, 0) is 14.8 Å². The molecule has 1 atom stereocenters. The van der Waals surface area contributed by atoms with Crippen LogP contribution in [0.5, 0.6) is 0 Å². The van der Waals surface area contributed by atoms with E-state index in [1.165, 1.54) is 16.4 Å². The molecule has 1 aromatic carbocycles. The van der Waals surface area contributed by atoms with E-state index in [1.54, 1.807) is 13.8 Å². The zero-order chi connectivity index (χ0) is 15.8. The Morgan fingerprint density at radius 2 is 2.14 bits per heavy atom. The largest absolute Gasteiger partial charge is 0.478 e. The van der Waals surface area contributed by atoms with Crippen LogP contribution < -0.4 is 0 Å². The van der Waals surface area contributed by atoms with E-state index in [1.807, 2.05) is 0 Å². The molecule has 1 aliphatic heterocycles. The summed E-state index contributed by atoms with van der Waals surface area (Å²) in [5.41, 5.74) is 0.436. The standard InChI is InChI=1S/C13H16BrNO5S/c1-8-7-20-4-3-15(8)21(18,19)12-6-10(13(16)17)5-11(14)9(12)2/h5-6,8H,3-4,7H2,1-2H3,(H,16,17). The second kappa shape index (κ2) is 6.04. The molecule has 0 radical (unpaired) electrons. The van der Waals surface area contributed by atoms with Crippen molar-refractivity contribution in [2.75, 3.05) is 19.8 Å². The van der Waals surface area contributed by atoms with E-state index in [-0.39, 0.29) is 23.0 Å². The maximum atomic E-state index is 12.8. The first kappa shape index (κ1) is 16.4. The lowest BCUT2D eigenvalue weighted by Crippen LogP contribution is -2.47. The van der Waals surface area contributed by atoms with Crippen LogP contribution in [0.3, 0.4) is 0 Å². The molecule has 21 heavy (non-hydrogen) atoms. The third-order valence-corrected chi connectivity index (χ3v) is 6.40. The number of benzene rings is 1. The number of hydrogen-bond acceptors (Lipinski definition) is 4. The summed E-state index contributed by atoms with van der Waals surface area (Å²) < 4.78 is 32.7. The first-order valence-corrected chi connectivity index (χ1v) is 8.61. The van der Waals surface area contributed by atoms with Crippen LogP contribution in [0.1, 0.15) is 22.8 Å². The fourth-order valence-corrected chi connectivity index (χ4v) is 4.71. The SMILES string of the molecule is Cc1c(Br)cc(C(=O)O)cc1S(=O)(=O)N1CCOCC1C. The number of morpholine rings is 1. The first-order valence-electron chi connectivity index (χ1n) is 6.38. The van der Waals surface area contributed by atoms with Gasteiger partial charge < -0.3 is 9.84 Å². The van der Waals surface area contributed by atoms with Gasteiger partial charge >= 0.3 is 5.97 Å². The van der Waals surface area contributed by atoms with Crippen LogP contribution >= 0.6 is 15.9 Å². The third kappa shape index (κ3) is 3.13. The summed E-state index contributed by atoms with van der Waals surface area (Å²) >= 11 is 3.23. The number of carboxylic acids is 1. The van der Waals surface area contributed by atoms with Crippen molar-refractivity contribution in [3.8, 4) is 0 Å². The highest BCUT2D eigenvalue weighted by Crippen LogP contribution is 2.29. The minimum Gasteiger partial charge on any atom is -0.478 e. The second-order valence-corrected chi connectivity index (χ2v) is 7.64. The Bertz CT molecular complexity index is 673. The summed E-state index contributed by atoms with van der Waals surface area (Å²) in [6, 6.07) is 2.33. The van der Waals surface area contributed by atoms with Crippen molar-refractivity contribution >= 4 is 31.9 Å². The number of aromatic carboxylic acids is 1. The van der Waals surface area contributed by atoms with Gasteiger partial charge in [0.15, 0.2) is 0 Å². The highest BCUT2D eigenvalue weighted by Gasteiger charge is 2.33. The Morgan fingerprint density at radius 1 is 1.48 bits per heavy atom. The van der Waals surface area contributed by atoms with Crippen LogP contribution in [-0.4, -0.2) is 49.6 Å². The summed E-state index contributed by atoms with van der Waals surface area (Å²) in [5.74, 6) is -1.16. The van der Waals surface area contributed by atoms with Gasteiger partial charge in [-0.1, -0.05) is 15.9 Å². The normalized spacial score (nSPS) is 20.4. The molecule has 0 spiro atoms. The number of rotatable bonds is 3. The molecule has 0 bridgehead atoms. The minimum absolute atomic E-state index is 0.0167. The van der Waals surface area contributed by atoms with E-state index in [4.69, 9.17) is 9.84 Å².